The van der Waals surface area contributed by atoms with Crippen LogP contribution in [0.5, 0.6) is 11.6 Å². The number of rotatable bonds is 4. The number of aryl methyl sites for hydroxylation is 1. The minimum atomic E-state index is -0.241. The van der Waals surface area contributed by atoms with Gasteiger partial charge in [0.2, 0.25) is 5.88 Å². The van der Waals surface area contributed by atoms with E-state index in [0.717, 1.165) is 27.9 Å². The number of nitrogens with one attached hydrogen (secondary N) is 1. The lowest BCUT2D eigenvalue weighted by atomic mass is 9.93. The molecule has 3 aromatic rings. The summed E-state index contributed by atoms with van der Waals surface area (Å²) in [6.45, 7) is 3.03. The van der Waals surface area contributed by atoms with Gasteiger partial charge in [0, 0.05) is 18.7 Å². The highest BCUT2D eigenvalue weighted by molar-refractivity contribution is 9.10. The van der Waals surface area contributed by atoms with Crippen LogP contribution in [0.1, 0.15) is 34.0 Å². The molecule has 1 aromatic carbocycles. The van der Waals surface area contributed by atoms with Crippen molar-refractivity contribution in [3.05, 3.63) is 51.8 Å². The van der Waals surface area contributed by atoms with Crippen LogP contribution in [-0.4, -0.2) is 40.8 Å². The Morgan fingerprint density at radius 1 is 1.44 bits per heavy atom. The third kappa shape index (κ3) is 3.14. The zero-order valence-corrected chi connectivity index (χ0v) is 16.6. The van der Waals surface area contributed by atoms with Gasteiger partial charge in [-0.15, -0.1) is 0 Å². The molecule has 3 heterocycles. The van der Waals surface area contributed by atoms with E-state index < -0.39 is 0 Å². The van der Waals surface area contributed by atoms with Crippen LogP contribution >= 0.6 is 15.9 Å². The van der Waals surface area contributed by atoms with Crippen LogP contribution in [0.25, 0.3) is 5.65 Å². The maximum Gasteiger partial charge on any atom is 0.258 e. The predicted molar refractivity (Wildman–Crippen MR) is 104 cm³/mol. The summed E-state index contributed by atoms with van der Waals surface area (Å²) in [5, 5.41) is 7.40. The van der Waals surface area contributed by atoms with E-state index in [9.17, 15) is 4.79 Å². The second-order valence-corrected chi connectivity index (χ2v) is 7.19. The Morgan fingerprint density at radius 2 is 2.26 bits per heavy atom. The van der Waals surface area contributed by atoms with E-state index >= 15 is 0 Å². The van der Waals surface area contributed by atoms with Gasteiger partial charge in [0.25, 0.3) is 5.91 Å². The summed E-state index contributed by atoms with van der Waals surface area (Å²) in [6.07, 6.45) is 2.38. The lowest BCUT2D eigenvalue weighted by Crippen LogP contribution is -2.31. The van der Waals surface area contributed by atoms with Crippen molar-refractivity contribution >= 4 is 27.5 Å². The van der Waals surface area contributed by atoms with Crippen LogP contribution in [0, 0.1) is 6.92 Å². The van der Waals surface area contributed by atoms with E-state index in [-0.39, 0.29) is 11.8 Å². The first kappa shape index (κ1) is 17.8. The number of fused-ring (bicyclic) bond motifs is 2. The summed E-state index contributed by atoms with van der Waals surface area (Å²) < 4.78 is 13.5. The molecule has 0 unspecified atom stereocenters. The molecule has 4 rings (SSSR count). The molecule has 1 amide bonds. The van der Waals surface area contributed by atoms with Crippen LogP contribution in [-0.2, 0) is 0 Å². The lowest BCUT2D eigenvalue weighted by molar-refractivity contribution is 0.0943. The minimum Gasteiger partial charge on any atom is -0.493 e. The number of aromatic nitrogens is 3. The number of nitrogens with zero attached hydrogens (tertiary/aromatic N) is 3. The first-order valence-electron chi connectivity index (χ1n) is 8.68. The summed E-state index contributed by atoms with van der Waals surface area (Å²) >= 11 is 3.46. The SMILES string of the molecule is COc1c(C(=O)NC[C@H]2CCOc3ccccc32)cnc2c(Br)c(C)nn12. The van der Waals surface area contributed by atoms with Gasteiger partial charge in [-0.05, 0) is 40.9 Å². The zero-order valence-electron chi connectivity index (χ0n) is 15.0. The first-order chi connectivity index (χ1) is 13.1. The summed E-state index contributed by atoms with van der Waals surface area (Å²) in [6, 6.07) is 7.95. The number of methoxy groups -OCH3 is 1. The molecule has 140 valence electrons. The summed E-state index contributed by atoms with van der Waals surface area (Å²) in [7, 11) is 1.52. The molecule has 0 fully saturated rings. The van der Waals surface area contributed by atoms with Gasteiger partial charge in [-0.2, -0.15) is 9.61 Å². The monoisotopic (exact) mass is 430 g/mol. The number of para-hydroxylation sites is 1. The first-order valence-corrected chi connectivity index (χ1v) is 9.47. The number of hydrogen-bond donors (Lipinski definition) is 1. The van der Waals surface area contributed by atoms with E-state index in [1.807, 2.05) is 31.2 Å². The average Bonchev–Trinajstić information content (AvgIpc) is 2.99. The molecule has 1 N–H and O–H groups in total. The van der Waals surface area contributed by atoms with Gasteiger partial charge in [-0.25, -0.2) is 4.98 Å². The minimum absolute atomic E-state index is 0.211. The molecule has 0 aliphatic carbocycles. The number of benzene rings is 1. The van der Waals surface area contributed by atoms with Crippen molar-refractivity contribution in [1.82, 2.24) is 19.9 Å². The smallest absolute Gasteiger partial charge is 0.258 e. The number of ether oxygens (including phenoxy) is 2. The Bertz CT molecular complexity index is 1020. The molecule has 0 saturated carbocycles. The maximum atomic E-state index is 12.8. The predicted octanol–water partition coefficient (Wildman–Crippen LogP) is 3.10. The molecule has 8 heteroatoms. The molecule has 27 heavy (non-hydrogen) atoms. The van der Waals surface area contributed by atoms with Crippen LogP contribution in [0.15, 0.2) is 34.9 Å². The second-order valence-electron chi connectivity index (χ2n) is 6.40. The van der Waals surface area contributed by atoms with Crippen molar-refractivity contribution in [2.24, 2.45) is 0 Å². The number of halogens is 1. The summed E-state index contributed by atoms with van der Waals surface area (Å²) in [4.78, 5) is 17.2. The third-order valence-corrected chi connectivity index (χ3v) is 5.66. The lowest BCUT2D eigenvalue weighted by Gasteiger charge is -2.26. The highest BCUT2D eigenvalue weighted by atomic mass is 79.9. The molecule has 1 atom stereocenters. The Balaban J connectivity index is 1.57. The highest BCUT2D eigenvalue weighted by Gasteiger charge is 2.24. The number of carbonyl (C=O) groups excluding carboxylic acids is 1. The Labute approximate surface area is 164 Å². The van der Waals surface area contributed by atoms with Crippen LogP contribution < -0.4 is 14.8 Å². The van der Waals surface area contributed by atoms with Gasteiger partial charge in [-0.1, -0.05) is 18.2 Å². The molecule has 1 aliphatic heterocycles. The fourth-order valence-corrected chi connectivity index (χ4v) is 3.68. The molecule has 0 radical (unpaired) electrons. The Kier molecular flexibility index (Phi) is 4.73. The van der Waals surface area contributed by atoms with Crippen molar-refractivity contribution in [1.29, 1.82) is 0 Å². The largest absolute Gasteiger partial charge is 0.493 e. The molecular weight excluding hydrogens is 412 g/mol. The van der Waals surface area contributed by atoms with Crippen molar-refractivity contribution in [2.45, 2.75) is 19.3 Å². The topological polar surface area (TPSA) is 77.8 Å². The van der Waals surface area contributed by atoms with Crippen LogP contribution in [0.3, 0.4) is 0 Å². The van der Waals surface area contributed by atoms with Gasteiger partial charge in [0.05, 0.1) is 23.9 Å². The fraction of sp³-hybridized carbons (Fsp3) is 0.316. The van der Waals surface area contributed by atoms with E-state index in [4.69, 9.17) is 9.47 Å². The molecule has 0 spiro atoms. The normalized spacial score (nSPS) is 15.9. The van der Waals surface area contributed by atoms with Gasteiger partial charge in [0.15, 0.2) is 5.65 Å². The number of hydrogen-bond acceptors (Lipinski definition) is 5. The zero-order chi connectivity index (χ0) is 19.0. The second kappa shape index (κ2) is 7.19. The van der Waals surface area contributed by atoms with Crippen molar-refractivity contribution < 1.29 is 14.3 Å². The standard InChI is InChI=1S/C19H19BrN4O3/c1-11-16(20)17-21-10-14(19(26-2)24(17)23-11)18(25)22-9-12-7-8-27-15-6-4-3-5-13(12)15/h3-6,10,12H,7-9H2,1-2H3,(H,22,25)/t12-/m1/s1. The van der Waals surface area contributed by atoms with Crippen molar-refractivity contribution in [3.8, 4) is 11.6 Å². The van der Waals surface area contributed by atoms with Gasteiger partial charge < -0.3 is 14.8 Å². The molecule has 2 aromatic heterocycles. The molecular formula is C19H19BrN4O3. The molecule has 0 bridgehead atoms. The number of carbonyl (C=O) groups is 1. The van der Waals surface area contributed by atoms with E-state index in [0.29, 0.717) is 30.2 Å². The summed E-state index contributed by atoms with van der Waals surface area (Å²) in [5.41, 5.74) is 2.85. The van der Waals surface area contributed by atoms with Gasteiger partial charge in [0.1, 0.15) is 11.3 Å². The van der Waals surface area contributed by atoms with Crippen LogP contribution in [0.4, 0.5) is 0 Å². The van der Waals surface area contributed by atoms with Crippen molar-refractivity contribution in [3.63, 3.8) is 0 Å². The summed E-state index contributed by atoms with van der Waals surface area (Å²) in [5.74, 6) is 1.22. The van der Waals surface area contributed by atoms with Gasteiger partial charge in [-0.3, -0.25) is 4.79 Å². The van der Waals surface area contributed by atoms with E-state index in [1.165, 1.54) is 17.8 Å². The Hall–Kier alpha value is -2.61. The average molecular weight is 431 g/mol. The molecule has 7 nitrogen and oxygen atoms in total. The quantitative estimate of drug-likeness (QED) is 0.687. The van der Waals surface area contributed by atoms with Gasteiger partial charge >= 0.3 is 0 Å². The van der Waals surface area contributed by atoms with Crippen molar-refractivity contribution in [2.75, 3.05) is 20.3 Å². The Morgan fingerprint density at radius 3 is 3.07 bits per heavy atom. The number of amides is 1. The molecule has 0 saturated heterocycles. The molecule has 1 aliphatic rings. The highest BCUT2D eigenvalue weighted by Crippen LogP contribution is 2.33. The van der Waals surface area contributed by atoms with E-state index in [1.54, 1.807) is 0 Å². The maximum absolute atomic E-state index is 12.8. The van der Waals surface area contributed by atoms with Crippen LogP contribution in [0.2, 0.25) is 0 Å². The van der Waals surface area contributed by atoms with E-state index in [2.05, 4.69) is 31.3 Å². The fourth-order valence-electron chi connectivity index (χ4n) is 3.34. The third-order valence-electron chi connectivity index (χ3n) is 4.73.